The van der Waals surface area contributed by atoms with Crippen LogP contribution in [0.4, 0.5) is 0 Å². The van der Waals surface area contributed by atoms with Crippen LogP contribution in [-0.4, -0.2) is 37.7 Å². The molecule has 0 atom stereocenters. The fraction of sp³-hybridized carbons (Fsp3) is 0.889. The van der Waals surface area contributed by atoms with Gasteiger partial charge < -0.3 is 13.8 Å². The van der Waals surface area contributed by atoms with Crippen molar-refractivity contribution in [3.63, 3.8) is 0 Å². The van der Waals surface area contributed by atoms with E-state index in [1.165, 1.54) is 77.0 Å². The van der Waals surface area contributed by atoms with Gasteiger partial charge in [0.05, 0.1) is 0 Å². The average molecular weight is 295 g/mol. The van der Waals surface area contributed by atoms with Crippen LogP contribution in [0.1, 0.15) is 104 Å². The first-order chi connectivity index (χ1) is 8.83. The second-order valence-corrected chi connectivity index (χ2v) is 5.24. The van der Waals surface area contributed by atoms with Gasteiger partial charge in [0.2, 0.25) is 0 Å². The number of hydrogen-bond acceptors (Lipinski definition) is 0. The van der Waals surface area contributed by atoms with E-state index in [1.54, 1.807) is 0 Å². The van der Waals surface area contributed by atoms with Crippen molar-refractivity contribution < 1.29 is 0 Å². The van der Waals surface area contributed by atoms with Crippen molar-refractivity contribution in [3.8, 4) is 0 Å². The molecule has 0 rings (SSSR count). The van der Waals surface area contributed by atoms with Crippen LogP contribution in [0.2, 0.25) is 0 Å². The van der Waals surface area contributed by atoms with Crippen LogP contribution in [0.5, 0.6) is 0 Å². The van der Waals surface area contributed by atoms with Gasteiger partial charge in [-0.1, -0.05) is 90.9 Å². The standard InChI is InChI=1S/2C9H19.Ca/c2*1-3-5-7-9-8-6-4-2;/h2*1,3-9H2,2H3;/q2*-1;+2. The molecule has 0 heterocycles. The molecule has 0 saturated carbocycles. The molecule has 0 aliphatic rings. The van der Waals surface area contributed by atoms with Gasteiger partial charge in [-0.2, -0.15) is 12.8 Å². The fourth-order valence-corrected chi connectivity index (χ4v) is 1.91. The summed E-state index contributed by atoms with van der Waals surface area (Å²) in [5, 5.41) is 0. The quantitative estimate of drug-likeness (QED) is 0.212. The molecular formula is C18H38Ca. The zero-order chi connectivity index (χ0) is 13.9. The molecule has 0 aliphatic carbocycles. The van der Waals surface area contributed by atoms with Crippen LogP contribution in [0.25, 0.3) is 0 Å². The maximum Gasteiger partial charge on any atom is 2.00 e. The molecule has 0 N–H and O–H groups in total. The van der Waals surface area contributed by atoms with Gasteiger partial charge in [-0.25, -0.2) is 0 Å². The van der Waals surface area contributed by atoms with Crippen molar-refractivity contribution in [2.75, 3.05) is 0 Å². The van der Waals surface area contributed by atoms with Crippen LogP contribution in [0.15, 0.2) is 0 Å². The maximum atomic E-state index is 3.80. The Kier molecular flexibility index (Phi) is 36.6. The SMILES string of the molecule is [CH2-]CCCCCCCC.[CH2-]CCCCCCCC.[Ca+2]. The Hall–Kier alpha value is 1.26. The van der Waals surface area contributed by atoms with Crippen LogP contribution in [-0.2, 0) is 0 Å². The van der Waals surface area contributed by atoms with Gasteiger partial charge in [0.1, 0.15) is 0 Å². The van der Waals surface area contributed by atoms with Crippen LogP contribution < -0.4 is 0 Å². The van der Waals surface area contributed by atoms with Crippen molar-refractivity contribution >= 4 is 37.7 Å². The predicted molar refractivity (Wildman–Crippen MR) is 92.5 cm³/mol. The summed E-state index contributed by atoms with van der Waals surface area (Å²) in [6, 6.07) is 0. The summed E-state index contributed by atoms with van der Waals surface area (Å²) >= 11 is 0. The molecule has 0 spiro atoms. The number of unbranched alkanes of at least 4 members (excludes halogenated alkanes) is 12. The Bertz CT molecular complexity index is 86.3. The number of rotatable bonds is 12. The Balaban J connectivity index is -0.000000256. The Morgan fingerprint density at radius 1 is 0.474 bits per heavy atom. The predicted octanol–water partition coefficient (Wildman–Crippen LogP) is 6.76. The average Bonchev–Trinajstić information content (AvgIpc) is 2.39. The third-order valence-electron chi connectivity index (χ3n) is 3.21. The molecule has 0 nitrogen and oxygen atoms in total. The minimum Gasteiger partial charge on any atom is -0.343 e. The fourth-order valence-electron chi connectivity index (χ4n) is 1.91. The largest absolute Gasteiger partial charge is 2.00 e. The summed E-state index contributed by atoms with van der Waals surface area (Å²) in [5.41, 5.74) is 0. The zero-order valence-corrected chi connectivity index (χ0v) is 16.2. The minimum atomic E-state index is 0. The Morgan fingerprint density at radius 3 is 1.00 bits per heavy atom. The summed E-state index contributed by atoms with van der Waals surface area (Å²) in [5.74, 6) is 0. The van der Waals surface area contributed by atoms with E-state index in [9.17, 15) is 0 Å². The van der Waals surface area contributed by atoms with Gasteiger partial charge in [0.25, 0.3) is 0 Å². The smallest absolute Gasteiger partial charge is 0.343 e. The minimum absolute atomic E-state index is 0. The van der Waals surface area contributed by atoms with Crippen molar-refractivity contribution in [1.29, 1.82) is 0 Å². The van der Waals surface area contributed by atoms with E-state index >= 15 is 0 Å². The molecule has 0 unspecified atom stereocenters. The summed E-state index contributed by atoms with van der Waals surface area (Å²) in [7, 11) is 0. The second-order valence-electron chi connectivity index (χ2n) is 5.24. The molecule has 0 aromatic heterocycles. The van der Waals surface area contributed by atoms with Gasteiger partial charge in [-0.15, -0.1) is 0 Å². The molecule has 0 amide bonds. The molecule has 0 aromatic carbocycles. The van der Waals surface area contributed by atoms with Crippen molar-refractivity contribution in [2.24, 2.45) is 0 Å². The maximum absolute atomic E-state index is 3.80. The first-order valence-electron chi connectivity index (χ1n) is 8.41. The molecule has 112 valence electrons. The Morgan fingerprint density at radius 2 is 0.737 bits per heavy atom. The van der Waals surface area contributed by atoms with E-state index in [0.717, 1.165) is 12.8 Å². The topological polar surface area (TPSA) is 0 Å². The van der Waals surface area contributed by atoms with E-state index in [4.69, 9.17) is 0 Å². The van der Waals surface area contributed by atoms with E-state index in [-0.39, 0.29) is 37.7 Å². The first-order valence-corrected chi connectivity index (χ1v) is 8.41. The van der Waals surface area contributed by atoms with Crippen molar-refractivity contribution in [3.05, 3.63) is 13.8 Å². The normalized spacial score (nSPS) is 9.47. The van der Waals surface area contributed by atoms with E-state index < -0.39 is 0 Å². The summed E-state index contributed by atoms with van der Waals surface area (Å²) in [4.78, 5) is 0. The molecule has 0 aromatic rings. The monoisotopic (exact) mass is 294 g/mol. The third kappa shape index (κ3) is 32.6. The molecule has 19 heavy (non-hydrogen) atoms. The second kappa shape index (κ2) is 27.6. The van der Waals surface area contributed by atoms with Gasteiger partial charge in [-0.3, -0.25) is 0 Å². The van der Waals surface area contributed by atoms with E-state index in [0.29, 0.717) is 0 Å². The van der Waals surface area contributed by atoms with Gasteiger partial charge >= 0.3 is 37.7 Å². The summed E-state index contributed by atoms with van der Waals surface area (Å²) in [6.07, 6.45) is 18.9. The molecular weight excluding hydrogens is 256 g/mol. The van der Waals surface area contributed by atoms with Crippen molar-refractivity contribution in [2.45, 2.75) is 104 Å². The third-order valence-corrected chi connectivity index (χ3v) is 3.21. The van der Waals surface area contributed by atoms with Crippen LogP contribution >= 0.6 is 0 Å². The number of hydrogen-bond donors (Lipinski definition) is 0. The van der Waals surface area contributed by atoms with Crippen molar-refractivity contribution in [1.82, 2.24) is 0 Å². The van der Waals surface area contributed by atoms with E-state index in [2.05, 4.69) is 27.7 Å². The Labute approximate surface area is 154 Å². The van der Waals surface area contributed by atoms with E-state index in [1.807, 2.05) is 0 Å². The summed E-state index contributed by atoms with van der Waals surface area (Å²) < 4.78 is 0. The zero-order valence-electron chi connectivity index (χ0n) is 14.0. The molecule has 0 bridgehead atoms. The van der Waals surface area contributed by atoms with Crippen LogP contribution in [0.3, 0.4) is 0 Å². The summed E-state index contributed by atoms with van der Waals surface area (Å²) in [6.45, 7) is 12.1. The first kappa shape index (κ1) is 25.2. The van der Waals surface area contributed by atoms with Gasteiger partial charge in [0.15, 0.2) is 0 Å². The molecule has 0 saturated heterocycles. The van der Waals surface area contributed by atoms with Crippen LogP contribution in [0, 0.1) is 13.8 Å². The molecule has 0 aliphatic heterocycles. The molecule has 0 fully saturated rings. The molecule has 1 heteroatoms. The van der Waals surface area contributed by atoms with Gasteiger partial charge in [0, 0.05) is 0 Å². The molecule has 0 radical (unpaired) electrons. The van der Waals surface area contributed by atoms with Gasteiger partial charge in [-0.05, 0) is 0 Å².